The minimum Gasteiger partial charge on any atom is -0.368 e. The van der Waals surface area contributed by atoms with Gasteiger partial charge in [0, 0.05) is 26.2 Å². The van der Waals surface area contributed by atoms with Crippen molar-refractivity contribution in [3.05, 3.63) is 5.15 Å². The van der Waals surface area contributed by atoms with Crippen molar-refractivity contribution in [1.29, 1.82) is 0 Å². The van der Waals surface area contributed by atoms with Crippen molar-refractivity contribution < 1.29 is 0 Å². The topological polar surface area (TPSA) is 44.3 Å². The van der Waals surface area contributed by atoms with E-state index in [2.05, 4.69) is 47.8 Å². The lowest BCUT2D eigenvalue weighted by Crippen LogP contribution is -2.30. The lowest BCUT2D eigenvalue weighted by Gasteiger charge is -2.23. The number of aromatic nitrogens is 2. The van der Waals surface area contributed by atoms with Crippen LogP contribution in [0.3, 0.4) is 0 Å². The molecule has 1 aromatic rings. The van der Waals surface area contributed by atoms with Gasteiger partial charge in [0.1, 0.15) is 11.0 Å². The van der Waals surface area contributed by atoms with Crippen molar-refractivity contribution in [3.63, 3.8) is 0 Å². The molecule has 24 heavy (non-hydrogen) atoms. The third-order valence-electron chi connectivity index (χ3n) is 3.90. The second-order valence-electron chi connectivity index (χ2n) is 5.64. The van der Waals surface area contributed by atoms with E-state index in [1.165, 1.54) is 0 Å². The van der Waals surface area contributed by atoms with Gasteiger partial charge in [-0.2, -0.15) is 9.97 Å². The first-order chi connectivity index (χ1) is 11.6. The van der Waals surface area contributed by atoms with Crippen LogP contribution in [0.2, 0.25) is 5.15 Å². The maximum absolute atomic E-state index is 6.43. The molecule has 0 fully saturated rings. The Morgan fingerprint density at radius 2 is 1.62 bits per heavy atom. The zero-order valence-corrected chi connectivity index (χ0v) is 17.3. The van der Waals surface area contributed by atoms with Crippen LogP contribution in [0, 0.1) is 0 Å². The number of halogens is 1. The Balaban J connectivity index is 2.95. The predicted molar refractivity (Wildman–Crippen MR) is 108 cm³/mol. The van der Waals surface area contributed by atoms with Crippen molar-refractivity contribution >= 4 is 35.1 Å². The fourth-order valence-electron chi connectivity index (χ4n) is 2.58. The Labute approximate surface area is 156 Å². The van der Waals surface area contributed by atoms with Crippen molar-refractivity contribution in [2.24, 2.45) is 0 Å². The maximum Gasteiger partial charge on any atom is 0.228 e. The molecule has 1 N–H and O–H groups in total. The SMILES string of the molecule is CCCN(CCC)c1nc(Cl)c(SC)c(NCCN(CC)CC)n1. The van der Waals surface area contributed by atoms with Crippen molar-refractivity contribution in [2.45, 2.75) is 45.4 Å². The summed E-state index contributed by atoms with van der Waals surface area (Å²) < 4.78 is 0. The van der Waals surface area contributed by atoms with E-state index in [0.717, 1.165) is 68.8 Å². The van der Waals surface area contributed by atoms with Gasteiger partial charge in [-0.15, -0.1) is 11.8 Å². The highest BCUT2D eigenvalue weighted by Crippen LogP contribution is 2.32. The monoisotopic (exact) mass is 373 g/mol. The maximum atomic E-state index is 6.43. The minimum absolute atomic E-state index is 0.537. The van der Waals surface area contributed by atoms with E-state index in [1.54, 1.807) is 11.8 Å². The zero-order valence-electron chi connectivity index (χ0n) is 15.7. The van der Waals surface area contributed by atoms with Gasteiger partial charge in [-0.05, 0) is 32.2 Å². The van der Waals surface area contributed by atoms with Gasteiger partial charge in [-0.1, -0.05) is 39.3 Å². The largest absolute Gasteiger partial charge is 0.368 e. The summed E-state index contributed by atoms with van der Waals surface area (Å²) in [5.74, 6) is 1.58. The third-order valence-corrected chi connectivity index (χ3v) is 5.08. The van der Waals surface area contributed by atoms with Gasteiger partial charge in [-0.25, -0.2) is 0 Å². The Kier molecular flexibility index (Phi) is 10.5. The molecule has 0 amide bonds. The summed E-state index contributed by atoms with van der Waals surface area (Å²) in [5, 5.41) is 4.00. The van der Waals surface area contributed by atoms with Gasteiger partial charge in [0.2, 0.25) is 5.95 Å². The van der Waals surface area contributed by atoms with Gasteiger partial charge in [0.25, 0.3) is 0 Å². The van der Waals surface area contributed by atoms with E-state index in [9.17, 15) is 0 Å². The number of hydrogen-bond donors (Lipinski definition) is 1. The highest BCUT2D eigenvalue weighted by Gasteiger charge is 2.16. The Morgan fingerprint density at radius 1 is 1.00 bits per heavy atom. The molecule has 1 heterocycles. The number of hydrogen-bond acceptors (Lipinski definition) is 6. The number of likely N-dealkylation sites (N-methyl/N-ethyl adjacent to an activating group) is 1. The second-order valence-corrected chi connectivity index (χ2v) is 6.81. The normalized spacial score (nSPS) is 11.1. The summed E-state index contributed by atoms with van der Waals surface area (Å²) >= 11 is 8.01. The molecule has 0 aliphatic rings. The molecule has 0 bridgehead atoms. The van der Waals surface area contributed by atoms with Gasteiger partial charge in [0.05, 0.1) is 4.90 Å². The summed E-state index contributed by atoms with van der Waals surface area (Å²) in [6, 6.07) is 0. The standard InChI is InChI=1S/C17H32ClN5S/c1-6-11-23(12-7-2)17-20-15(18)14(24-5)16(21-17)19-10-13-22(8-3)9-4/h6-13H2,1-5H3,(H,19,20,21). The first-order valence-electron chi connectivity index (χ1n) is 8.93. The first kappa shape index (κ1) is 21.3. The van der Waals surface area contributed by atoms with Crippen LogP contribution in [0.5, 0.6) is 0 Å². The average molecular weight is 374 g/mol. The van der Waals surface area contributed by atoms with Crippen LogP contribution in [0.1, 0.15) is 40.5 Å². The first-order valence-corrected chi connectivity index (χ1v) is 10.5. The summed E-state index contributed by atoms with van der Waals surface area (Å²) in [6.07, 6.45) is 4.14. The molecule has 1 aromatic heterocycles. The minimum atomic E-state index is 0.537. The molecule has 5 nitrogen and oxygen atoms in total. The molecule has 0 unspecified atom stereocenters. The van der Waals surface area contributed by atoms with Crippen molar-refractivity contribution in [2.75, 3.05) is 55.7 Å². The van der Waals surface area contributed by atoms with Crippen LogP contribution in [0.25, 0.3) is 0 Å². The Hall–Kier alpha value is -0.720. The molecular weight excluding hydrogens is 342 g/mol. The Bertz CT molecular complexity index is 476. The summed E-state index contributed by atoms with van der Waals surface area (Å²) in [5.41, 5.74) is 0. The highest BCUT2D eigenvalue weighted by atomic mass is 35.5. The summed E-state index contributed by atoms with van der Waals surface area (Å²) in [7, 11) is 0. The fraction of sp³-hybridized carbons (Fsp3) is 0.765. The number of anilines is 2. The number of rotatable bonds is 12. The van der Waals surface area contributed by atoms with E-state index in [0.29, 0.717) is 5.15 Å². The lowest BCUT2D eigenvalue weighted by atomic mass is 10.3. The molecule has 0 saturated heterocycles. The molecule has 0 spiro atoms. The van der Waals surface area contributed by atoms with E-state index in [1.807, 2.05) is 6.26 Å². The van der Waals surface area contributed by atoms with Crippen LogP contribution in [-0.2, 0) is 0 Å². The van der Waals surface area contributed by atoms with Crippen LogP contribution in [0.4, 0.5) is 11.8 Å². The molecule has 0 radical (unpaired) electrons. The molecule has 0 aliphatic heterocycles. The molecular formula is C17H32ClN5S. The molecule has 1 rings (SSSR count). The third kappa shape index (κ3) is 6.30. The van der Waals surface area contributed by atoms with E-state index >= 15 is 0 Å². The van der Waals surface area contributed by atoms with Crippen LogP contribution < -0.4 is 10.2 Å². The number of nitrogens with zero attached hydrogens (tertiary/aromatic N) is 4. The fourth-order valence-corrected chi connectivity index (χ4v) is 3.50. The van der Waals surface area contributed by atoms with E-state index in [4.69, 9.17) is 16.6 Å². The van der Waals surface area contributed by atoms with Gasteiger partial charge in [-0.3, -0.25) is 0 Å². The predicted octanol–water partition coefficient (Wildman–Crippen LogP) is 4.23. The van der Waals surface area contributed by atoms with Crippen LogP contribution in [-0.4, -0.2) is 60.4 Å². The highest BCUT2D eigenvalue weighted by molar-refractivity contribution is 7.98. The van der Waals surface area contributed by atoms with Crippen LogP contribution >= 0.6 is 23.4 Å². The van der Waals surface area contributed by atoms with Gasteiger partial charge < -0.3 is 15.1 Å². The van der Waals surface area contributed by atoms with E-state index < -0.39 is 0 Å². The van der Waals surface area contributed by atoms with Gasteiger partial charge in [0.15, 0.2) is 0 Å². The molecule has 0 atom stereocenters. The molecule has 0 aliphatic carbocycles. The van der Waals surface area contributed by atoms with Crippen molar-refractivity contribution in [3.8, 4) is 0 Å². The summed E-state index contributed by atoms with van der Waals surface area (Å²) in [6.45, 7) is 14.6. The summed E-state index contributed by atoms with van der Waals surface area (Å²) in [4.78, 5) is 14.8. The zero-order chi connectivity index (χ0) is 17.9. The second kappa shape index (κ2) is 11.8. The molecule has 0 saturated carbocycles. The lowest BCUT2D eigenvalue weighted by molar-refractivity contribution is 0.316. The van der Waals surface area contributed by atoms with Gasteiger partial charge >= 0.3 is 0 Å². The molecule has 7 heteroatoms. The quantitative estimate of drug-likeness (QED) is 0.437. The molecule has 0 aromatic carbocycles. The molecule has 138 valence electrons. The number of nitrogens with one attached hydrogen (secondary N) is 1. The van der Waals surface area contributed by atoms with Crippen LogP contribution in [0.15, 0.2) is 4.90 Å². The smallest absolute Gasteiger partial charge is 0.228 e. The Morgan fingerprint density at radius 3 is 2.12 bits per heavy atom. The van der Waals surface area contributed by atoms with Crippen molar-refractivity contribution in [1.82, 2.24) is 14.9 Å². The average Bonchev–Trinajstić information content (AvgIpc) is 2.58. The van der Waals surface area contributed by atoms with E-state index in [-0.39, 0.29) is 0 Å². The number of thioether (sulfide) groups is 1.